The molecule has 2 aromatic carbocycles. The third-order valence-corrected chi connectivity index (χ3v) is 3.30. The van der Waals surface area contributed by atoms with Crippen molar-refractivity contribution in [2.24, 2.45) is 5.73 Å². The predicted octanol–water partition coefficient (Wildman–Crippen LogP) is 2.15. The molecule has 0 bridgehead atoms. The zero-order valence-electron chi connectivity index (χ0n) is 12.1. The lowest BCUT2D eigenvalue weighted by Crippen LogP contribution is -2.29. The van der Waals surface area contributed by atoms with Gasteiger partial charge in [0.2, 0.25) is 0 Å². The maximum absolute atomic E-state index is 12.2. The molecule has 4 nitrogen and oxygen atoms in total. The topological polar surface area (TPSA) is 64.3 Å². The van der Waals surface area contributed by atoms with Crippen LogP contribution in [0.4, 0.5) is 0 Å². The number of nitrogens with two attached hydrogens (primary N) is 1. The van der Waals surface area contributed by atoms with Crippen LogP contribution in [0.2, 0.25) is 0 Å². The average Bonchev–Trinajstić information content (AvgIpc) is 2.55. The van der Waals surface area contributed by atoms with Gasteiger partial charge in [-0.3, -0.25) is 4.79 Å². The molecule has 0 heterocycles. The number of carbonyl (C=O) groups excluding carboxylic acids is 1. The van der Waals surface area contributed by atoms with E-state index in [1.165, 1.54) is 7.11 Å². The normalized spacial score (nSPS) is 11.9. The predicted molar refractivity (Wildman–Crippen MR) is 82.4 cm³/mol. The van der Waals surface area contributed by atoms with Gasteiger partial charge in [0.25, 0.3) is 5.91 Å². The molecular weight excluding hydrogens is 264 g/mol. The van der Waals surface area contributed by atoms with Crippen molar-refractivity contribution in [2.75, 3.05) is 7.11 Å². The van der Waals surface area contributed by atoms with Gasteiger partial charge < -0.3 is 15.8 Å². The van der Waals surface area contributed by atoms with E-state index >= 15 is 0 Å². The molecule has 4 heteroatoms. The van der Waals surface area contributed by atoms with E-state index in [0.29, 0.717) is 13.1 Å². The highest BCUT2D eigenvalue weighted by molar-refractivity contribution is 5.82. The lowest BCUT2D eigenvalue weighted by Gasteiger charge is -2.15. The summed E-state index contributed by atoms with van der Waals surface area (Å²) in [5.74, 6) is -0.147. The van der Waals surface area contributed by atoms with Crippen molar-refractivity contribution in [3.8, 4) is 0 Å². The van der Waals surface area contributed by atoms with Crippen molar-refractivity contribution in [1.82, 2.24) is 5.32 Å². The molecule has 2 rings (SSSR count). The van der Waals surface area contributed by atoms with Gasteiger partial charge >= 0.3 is 0 Å². The number of hydrogen-bond acceptors (Lipinski definition) is 3. The summed E-state index contributed by atoms with van der Waals surface area (Å²) in [6.45, 7) is 0.989. The fourth-order valence-electron chi connectivity index (χ4n) is 2.10. The van der Waals surface area contributed by atoms with E-state index in [4.69, 9.17) is 10.5 Å². The standard InChI is InChI=1S/C17H20N2O2/c1-21-16(15-5-3-2-4-6-15)17(20)19-12-14-9-7-13(11-18)8-10-14/h2-10,16H,11-12,18H2,1H3,(H,19,20). The largest absolute Gasteiger partial charge is 0.367 e. The molecule has 1 unspecified atom stereocenters. The minimum Gasteiger partial charge on any atom is -0.367 e. The Hall–Kier alpha value is -2.17. The second kappa shape index (κ2) is 7.57. The lowest BCUT2D eigenvalue weighted by atomic mass is 10.1. The minimum atomic E-state index is -0.588. The Balaban J connectivity index is 1.96. The number of nitrogens with one attached hydrogen (secondary N) is 1. The van der Waals surface area contributed by atoms with Crippen molar-refractivity contribution >= 4 is 5.91 Å². The molecule has 110 valence electrons. The lowest BCUT2D eigenvalue weighted by molar-refractivity contribution is -0.131. The number of hydrogen-bond donors (Lipinski definition) is 2. The Kier molecular flexibility index (Phi) is 5.49. The molecule has 21 heavy (non-hydrogen) atoms. The molecule has 0 spiro atoms. The van der Waals surface area contributed by atoms with Gasteiger partial charge in [-0.05, 0) is 16.7 Å². The molecule has 0 fully saturated rings. The second-order valence-electron chi connectivity index (χ2n) is 4.76. The van der Waals surface area contributed by atoms with E-state index in [-0.39, 0.29) is 5.91 Å². The molecule has 0 aliphatic carbocycles. The summed E-state index contributed by atoms with van der Waals surface area (Å²) in [5, 5.41) is 2.89. The Bertz CT molecular complexity index is 567. The van der Waals surface area contributed by atoms with E-state index in [2.05, 4.69) is 5.32 Å². The first-order chi connectivity index (χ1) is 10.2. The van der Waals surface area contributed by atoms with Gasteiger partial charge in [0.15, 0.2) is 6.10 Å². The third-order valence-electron chi connectivity index (χ3n) is 3.30. The molecule has 1 amide bonds. The van der Waals surface area contributed by atoms with Crippen molar-refractivity contribution < 1.29 is 9.53 Å². The van der Waals surface area contributed by atoms with Crippen molar-refractivity contribution in [3.05, 3.63) is 71.3 Å². The van der Waals surface area contributed by atoms with E-state index in [0.717, 1.165) is 16.7 Å². The Morgan fingerprint density at radius 1 is 1.10 bits per heavy atom. The van der Waals surface area contributed by atoms with Crippen LogP contribution in [-0.2, 0) is 22.6 Å². The maximum atomic E-state index is 12.2. The molecule has 2 aromatic rings. The summed E-state index contributed by atoms with van der Waals surface area (Å²) in [7, 11) is 1.54. The number of benzene rings is 2. The molecule has 0 aliphatic heterocycles. The van der Waals surface area contributed by atoms with Crippen molar-refractivity contribution in [3.63, 3.8) is 0 Å². The van der Waals surface area contributed by atoms with Crippen LogP contribution in [0.3, 0.4) is 0 Å². The average molecular weight is 284 g/mol. The molecular formula is C17H20N2O2. The number of amides is 1. The fourth-order valence-corrected chi connectivity index (χ4v) is 2.10. The zero-order valence-corrected chi connectivity index (χ0v) is 12.1. The number of methoxy groups -OCH3 is 1. The van der Waals surface area contributed by atoms with E-state index in [1.54, 1.807) is 0 Å². The molecule has 0 saturated heterocycles. The highest BCUT2D eigenvalue weighted by Gasteiger charge is 2.19. The quantitative estimate of drug-likeness (QED) is 0.854. The SMILES string of the molecule is COC(C(=O)NCc1ccc(CN)cc1)c1ccccc1. The Morgan fingerprint density at radius 3 is 2.29 bits per heavy atom. The first-order valence-electron chi connectivity index (χ1n) is 6.88. The van der Waals surface area contributed by atoms with E-state index in [1.807, 2.05) is 54.6 Å². The summed E-state index contributed by atoms with van der Waals surface area (Å²) in [4.78, 5) is 12.2. The zero-order chi connectivity index (χ0) is 15.1. The van der Waals surface area contributed by atoms with Crippen LogP contribution >= 0.6 is 0 Å². The van der Waals surface area contributed by atoms with Gasteiger partial charge in [-0.1, -0.05) is 54.6 Å². The summed E-state index contributed by atoms with van der Waals surface area (Å²) in [5.41, 5.74) is 8.51. The van der Waals surface area contributed by atoms with Crippen LogP contribution in [0.1, 0.15) is 22.8 Å². The van der Waals surface area contributed by atoms with Gasteiger partial charge in [0, 0.05) is 20.2 Å². The van der Waals surface area contributed by atoms with Gasteiger partial charge in [0.1, 0.15) is 0 Å². The fraction of sp³-hybridized carbons (Fsp3) is 0.235. The molecule has 0 aliphatic rings. The molecule has 0 radical (unpaired) electrons. The number of ether oxygens (including phenoxy) is 1. The highest BCUT2D eigenvalue weighted by atomic mass is 16.5. The van der Waals surface area contributed by atoms with Gasteiger partial charge in [-0.25, -0.2) is 0 Å². The number of rotatable bonds is 6. The summed E-state index contributed by atoms with van der Waals surface area (Å²) in [6.07, 6.45) is -0.588. The van der Waals surface area contributed by atoms with Gasteiger partial charge in [0.05, 0.1) is 0 Å². The van der Waals surface area contributed by atoms with Crippen molar-refractivity contribution in [1.29, 1.82) is 0 Å². The monoisotopic (exact) mass is 284 g/mol. The van der Waals surface area contributed by atoms with Crippen LogP contribution in [0.15, 0.2) is 54.6 Å². The molecule has 0 saturated carbocycles. The Labute approximate surface area is 124 Å². The minimum absolute atomic E-state index is 0.147. The summed E-state index contributed by atoms with van der Waals surface area (Å²) in [6, 6.07) is 17.3. The van der Waals surface area contributed by atoms with Crippen LogP contribution in [0.5, 0.6) is 0 Å². The van der Waals surface area contributed by atoms with Crippen molar-refractivity contribution in [2.45, 2.75) is 19.2 Å². The molecule has 3 N–H and O–H groups in total. The van der Waals surface area contributed by atoms with Crippen LogP contribution in [0.25, 0.3) is 0 Å². The van der Waals surface area contributed by atoms with Gasteiger partial charge in [-0.15, -0.1) is 0 Å². The van der Waals surface area contributed by atoms with Crippen LogP contribution in [-0.4, -0.2) is 13.0 Å². The van der Waals surface area contributed by atoms with Gasteiger partial charge in [-0.2, -0.15) is 0 Å². The summed E-state index contributed by atoms with van der Waals surface area (Å²) < 4.78 is 5.29. The second-order valence-corrected chi connectivity index (χ2v) is 4.76. The smallest absolute Gasteiger partial charge is 0.254 e. The Morgan fingerprint density at radius 2 is 1.71 bits per heavy atom. The third kappa shape index (κ3) is 4.15. The molecule has 0 aromatic heterocycles. The first-order valence-corrected chi connectivity index (χ1v) is 6.88. The van der Waals surface area contributed by atoms with Crippen LogP contribution < -0.4 is 11.1 Å². The van der Waals surface area contributed by atoms with E-state index in [9.17, 15) is 4.79 Å². The molecule has 1 atom stereocenters. The number of carbonyl (C=O) groups is 1. The maximum Gasteiger partial charge on any atom is 0.254 e. The highest BCUT2D eigenvalue weighted by Crippen LogP contribution is 2.16. The van der Waals surface area contributed by atoms with Crippen LogP contribution in [0, 0.1) is 0 Å². The summed E-state index contributed by atoms with van der Waals surface area (Å²) >= 11 is 0. The van der Waals surface area contributed by atoms with E-state index < -0.39 is 6.10 Å². The first kappa shape index (κ1) is 15.2.